The molecule has 2 fully saturated rings. The highest BCUT2D eigenvalue weighted by Gasteiger charge is 2.43. The van der Waals surface area contributed by atoms with Crippen molar-refractivity contribution in [1.82, 2.24) is 15.0 Å². The molecule has 1 atom stereocenters. The fourth-order valence-corrected chi connectivity index (χ4v) is 3.29. The van der Waals surface area contributed by atoms with Crippen LogP contribution in [0.3, 0.4) is 0 Å². The van der Waals surface area contributed by atoms with Crippen LogP contribution in [0.4, 0.5) is 0 Å². The normalized spacial score (nSPS) is 23.7. The Labute approximate surface area is 135 Å². The summed E-state index contributed by atoms with van der Waals surface area (Å²) in [5.74, 6) is -0.368. The Morgan fingerprint density at radius 2 is 1.96 bits per heavy atom. The van der Waals surface area contributed by atoms with E-state index in [0.29, 0.717) is 6.61 Å². The molecular weight excluding hydrogens is 290 g/mol. The lowest BCUT2D eigenvalue weighted by atomic mass is 9.94. The molecule has 0 radical (unpaired) electrons. The van der Waals surface area contributed by atoms with Gasteiger partial charge in [0, 0.05) is 19.0 Å². The van der Waals surface area contributed by atoms with Gasteiger partial charge in [-0.3, -0.25) is 0 Å². The van der Waals surface area contributed by atoms with Crippen molar-refractivity contribution in [2.45, 2.75) is 44.0 Å². The molecule has 0 unspecified atom stereocenters. The van der Waals surface area contributed by atoms with Gasteiger partial charge < -0.3 is 9.47 Å². The number of nitrogens with zero attached hydrogens (tertiary/aromatic N) is 3. The van der Waals surface area contributed by atoms with Crippen LogP contribution >= 0.6 is 0 Å². The molecule has 2 aliphatic rings. The molecule has 23 heavy (non-hydrogen) atoms. The van der Waals surface area contributed by atoms with Gasteiger partial charge in [-0.05, 0) is 24.5 Å². The van der Waals surface area contributed by atoms with Crippen LogP contribution in [0.1, 0.15) is 49.5 Å². The summed E-state index contributed by atoms with van der Waals surface area (Å²) >= 11 is 0. The lowest BCUT2D eigenvalue weighted by Gasteiger charge is -2.31. The van der Waals surface area contributed by atoms with Crippen LogP contribution in [0.15, 0.2) is 36.5 Å². The van der Waals surface area contributed by atoms with Crippen molar-refractivity contribution in [2.75, 3.05) is 6.61 Å². The van der Waals surface area contributed by atoms with Gasteiger partial charge in [-0.15, -0.1) is 5.10 Å². The fourth-order valence-electron chi connectivity index (χ4n) is 3.29. The third kappa shape index (κ3) is 3.21. The number of hydrogen-bond acceptors (Lipinski definition) is 4. The van der Waals surface area contributed by atoms with E-state index >= 15 is 0 Å². The van der Waals surface area contributed by atoms with Crippen molar-refractivity contribution in [2.24, 2.45) is 0 Å². The molecule has 0 amide bonds. The zero-order valence-corrected chi connectivity index (χ0v) is 13.1. The standard InChI is InChI=1S/C18H21N3O2/c1-3-7-15(8-4-1)9-12-21-13-16(19-20-21)17-14-22-18(23-17)10-5-2-6-11-18/h1,3-4,7-9,12-13,17H,2,5-6,10-11,14H2/b12-9+/t17-/m0/s1. The molecule has 5 heteroatoms. The van der Waals surface area contributed by atoms with Gasteiger partial charge in [0.05, 0.1) is 12.8 Å². The Morgan fingerprint density at radius 1 is 1.13 bits per heavy atom. The number of benzene rings is 1. The topological polar surface area (TPSA) is 49.2 Å². The molecule has 1 aliphatic carbocycles. The van der Waals surface area contributed by atoms with Gasteiger partial charge in [-0.1, -0.05) is 42.0 Å². The first kappa shape index (κ1) is 14.6. The Balaban J connectivity index is 1.43. The Kier molecular flexibility index (Phi) is 3.97. The Bertz CT molecular complexity index is 675. The number of ether oxygens (including phenoxy) is 2. The van der Waals surface area contributed by atoms with Gasteiger partial charge >= 0.3 is 0 Å². The average Bonchev–Trinajstić information content (AvgIpc) is 3.22. The number of aromatic nitrogens is 3. The third-order valence-corrected chi connectivity index (χ3v) is 4.55. The second kappa shape index (κ2) is 6.26. The summed E-state index contributed by atoms with van der Waals surface area (Å²) < 4.78 is 13.9. The average molecular weight is 311 g/mol. The smallest absolute Gasteiger partial charge is 0.169 e. The molecule has 4 rings (SSSR count). The van der Waals surface area contributed by atoms with Gasteiger partial charge in [0.25, 0.3) is 0 Å². The molecule has 1 saturated carbocycles. The van der Waals surface area contributed by atoms with Gasteiger partial charge in [0.2, 0.25) is 0 Å². The zero-order valence-electron chi connectivity index (χ0n) is 13.1. The van der Waals surface area contributed by atoms with E-state index in [0.717, 1.165) is 24.1 Å². The Hall–Kier alpha value is -1.98. The van der Waals surface area contributed by atoms with Crippen LogP contribution in [0.2, 0.25) is 0 Å². The summed E-state index contributed by atoms with van der Waals surface area (Å²) in [4.78, 5) is 0. The van der Waals surface area contributed by atoms with Gasteiger partial charge in [0.1, 0.15) is 11.8 Å². The largest absolute Gasteiger partial charge is 0.347 e. The van der Waals surface area contributed by atoms with E-state index in [1.165, 1.54) is 19.3 Å². The van der Waals surface area contributed by atoms with Crippen molar-refractivity contribution in [1.29, 1.82) is 0 Å². The van der Waals surface area contributed by atoms with Crippen LogP contribution < -0.4 is 0 Å². The van der Waals surface area contributed by atoms with Crippen LogP contribution in [0, 0.1) is 0 Å². The summed E-state index contributed by atoms with van der Waals surface area (Å²) in [6.07, 6.45) is 11.3. The second-order valence-electron chi connectivity index (χ2n) is 6.24. The lowest BCUT2D eigenvalue weighted by Crippen LogP contribution is -2.32. The van der Waals surface area contributed by atoms with E-state index in [9.17, 15) is 0 Å². The summed E-state index contributed by atoms with van der Waals surface area (Å²) in [6.45, 7) is 0.571. The number of rotatable bonds is 3. The maximum atomic E-state index is 6.19. The molecule has 1 spiro atoms. The van der Waals surface area contributed by atoms with Crippen LogP contribution in [-0.2, 0) is 9.47 Å². The van der Waals surface area contributed by atoms with E-state index in [1.807, 2.05) is 36.7 Å². The minimum Gasteiger partial charge on any atom is -0.347 e. The molecule has 120 valence electrons. The van der Waals surface area contributed by atoms with Crippen molar-refractivity contribution >= 4 is 12.3 Å². The highest BCUT2D eigenvalue weighted by molar-refractivity contribution is 5.59. The number of hydrogen-bond donors (Lipinski definition) is 0. The van der Waals surface area contributed by atoms with E-state index in [1.54, 1.807) is 4.68 Å². The highest BCUT2D eigenvalue weighted by Crippen LogP contribution is 2.41. The molecule has 1 aliphatic heterocycles. The molecule has 1 saturated heterocycles. The van der Waals surface area contributed by atoms with Crippen molar-refractivity contribution in [3.63, 3.8) is 0 Å². The van der Waals surface area contributed by atoms with Crippen LogP contribution in [-0.4, -0.2) is 27.4 Å². The molecular formula is C18H21N3O2. The maximum absolute atomic E-state index is 6.19. The van der Waals surface area contributed by atoms with E-state index in [4.69, 9.17) is 9.47 Å². The van der Waals surface area contributed by atoms with Crippen molar-refractivity contribution in [3.05, 3.63) is 47.8 Å². The monoisotopic (exact) mass is 311 g/mol. The van der Waals surface area contributed by atoms with Crippen molar-refractivity contribution < 1.29 is 9.47 Å². The first-order valence-electron chi connectivity index (χ1n) is 8.30. The minimum absolute atomic E-state index is 0.105. The predicted octanol–water partition coefficient (Wildman–Crippen LogP) is 3.65. The SMILES string of the molecule is C(=C\n1cc([C@@H]2COC3(CCCCC3)O2)nn1)/c1ccccc1. The summed E-state index contributed by atoms with van der Waals surface area (Å²) in [5.41, 5.74) is 1.97. The molecule has 0 N–H and O–H groups in total. The Morgan fingerprint density at radius 3 is 2.78 bits per heavy atom. The maximum Gasteiger partial charge on any atom is 0.169 e. The molecule has 2 heterocycles. The van der Waals surface area contributed by atoms with E-state index in [2.05, 4.69) is 22.4 Å². The van der Waals surface area contributed by atoms with E-state index in [-0.39, 0.29) is 11.9 Å². The summed E-state index contributed by atoms with van der Waals surface area (Å²) in [7, 11) is 0. The van der Waals surface area contributed by atoms with Crippen molar-refractivity contribution in [3.8, 4) is 0 Å². The van der Waals surface area contributed by atoms with Gasteiger partial charge in [-0.2, -0.15) is 0 Å². The fraction of sp³-hybridized carbons (Fsp3) is 0.444. The molecule has 5 nitrogen and oxygen atoms in total. The summed E-state index contributed by atoms with van der Waals surface area (Å²) in [5, 5.41) is 8.40. The van der Waals surface area contributed by atoms with E-state index < -0.39 is 0 Å². The zero-order chi connectivity index (χ0) is 15.5. The first-order valence-corrected chi connectivity index (χ1v) is 8.30. The molecule has 2 aromatic rings. The van der Waals surface area contributed by atoms with Crippen LogP contribution in [0.25, 0.3) is 12.3 Å². The molecule has 1 aromatic heterocycles. The first-order chi connectivity index (χ1) is 11.3. The lowest BCUT2D eigenvalue weighted by molar-refractivity contribution is -0.188. The third-order valence-electron chi connectivity index (χ3n) is 4.55. The van der Waals surface area contributed by atoms with Crippen LogP contribution in [0.5, 0.6) is 0 Å². The predicted molar refractivity (Wildman–Crippen MR) is 87.3 cm³/mol. The van der Waals surface area contributed by atoms with Gasteiger partial charge in [-0.25, -0.2) is 4.68 Å². The minimum atomic E-state index is -0.368. The summed E-state index contributed by atoms with van der Waals surface area (Å²) in [6, 6.07) is 10.1. The molecule has 0 bridgehead atoms. The highest BCUT2D eigenvalue weighted by atomic mass is 16.7. The quantitative estimate of drug-likeness (QED) is 0.868. The molecule has 1 aromatic carbocycles. The second-order valence-corrected chi connectivity index (χ2v) is 6.24. The van der Waals surface area contributed by atoms with Gasteiger partial charge in [0.15, 0.2) is 5.79 Å².